The van der Waals surface area contributed by atoms with Crippen molar-refractivity contribution in [1.82, 2.24) is 15.0 Å². The largest absolute Gasteiger partial charge is 0.395 e. The van der Waals surface area contributed by atoms with Gasteiger partial charge in [-0.25, -0.2) is 9.97 Å². The molecule has 0 amide bonds. The highest BCUT2D eigenvalue weighted by Gasteiger charge is 2.28. The van der Waals surface area contributed by atoms with Crippen LogP contribution in [0, 0.1) is 5.92 Å². The number of ether oxygens (including phenoxy) is 1. The van der Waals surface area contributed by atoms with E-state index in [1.54, 1.807) is 12.5 Å². The van der Waals surface area contributed by atoms with Gasteiger partial charge in [0.05, 0.1) is 18.8 Å². The van der Waals surface area contributed by atoms with E-state index >= 15 is 0 Å². The molecule has 2 N–H and O–H groups in total. The summed E-state index contributed by atoms with van der Waals surface area (Å²) in [6.45, 7) is 6.38. The summed E-state index contributed by atoms with van der Waals surface area (Å²) in [4.78, 5) is 15.0. The molecule has 146 valence electrons. The van der Waals surface area contributed by atoms with Gasteiger partial charge in [-0.2, -0.15) is 0 Å². The number of nitrogens with zero attached hydrogens (tertiary/aromatic N) is 4. The quantitative estimate of drug-likeness (QED) is 0.737. The summed E-state index contributed by atoms with van der Waals surface area (Å²) in [6, 6.07) is 6.11. The Labute approximate surface area is 160 Å². The van der Waals surface area contributed by atoms with Crippen LogP contribution in [0.1, 0.15) is 32.3 Å². The Kier molecular flexibility index (Phi) is 6.95. The molecule has 1 aliphatic heterocycles. The summed E-state index contributed by atoms with van der Waals surface area (Å²) >= 11 is 0. The highest BCUT2D eigenvalue weighted by molar-refractivity contribution is 5.49. The van der Waals surface area contributed by atoms with Crippen molar-refractivity contribution in [2.75, 3.05) is 30.0 Å². The zero-order valence-corrected chi connectivity index (χ0v) is 16.1. The molecule has 1 fully saturated rings. The number of hydrogen-bond acceptors (Lipinski definition) is 7. The highest BCUT2D eigenvalue weighted by Crippen LogP contribution is 2.24. The third-order valence-corrected chi connectivity index (χ3v) is 4.80. The molecular weight excluding hydrogens is 342 g/mol. The number of pyridine rings is 1. The molecule has 0 aliphatic carbocycles. The summed E-state index contributed by atoms with van der Waals surface area (Å²) in [6.07, 6.45) is 7.45. The first-order valence-corrected chi connectivity index (χ1v) is 9.62. The van der Waals surface area contributed by atoms with Crippen molar-refractivity contribution in [3.8, 4) is 0 Å². The molecule has 0 spiro atoms. The van der Waals surface area contributed by atoms with Gasteiger partial charge >= 0.3 is 0 Å². The van der Waals surface area contributed by atoms with Crippen LogP contribution < -0.4 is 10.2 Å². The molecule has 3 rings (SSSR count). The standard InChI is InChI=1S/C20H29N5O2/c1-15(2)20-17(6-4-10-27-20)24-18-11-19(23-14-22-18)25(8-9-26)13-16-5-3-7-21-12-16/h3,5,7,11-12,14-15,17,20,26H,4,6,8-10,13H2,1-2H3,(H,22,23,24)/t17-,20+/m1/s1. The Morgan fingerprint density at radius 1 is 1.37 bits per heavy atom. The zero-order valence-electron chi connectivity index (χ0n) is 16.1. The van der Waals surface area contributed by atoms with E-state index in [1.807, 2.05) is 29.3 Å². The molecule has 2 aromatic heterocycles. The number of anilines is 2. The van der Waals surface area contributed by atoms with Gasteiger partial charge < -0.3 is 20.1 Å². The Morgan fingerprint density at radius 2 is 2.26 bits per heavy atom. The molecule has 2 aromatic rings. The van der Waals surface area contributed by atoms with Crippen molar-refractivity contribution >= 4 is 11.6 Å². The number of rotatable bonds is 8. The number of hydrogen-bond donors (Lipinski definition) is 2. The van der Waals surface area contributed by atoms with E-state index in [-0.39, 0.29) is 18.8 Å². The van der Waals surface area contributed by atoms with Crippen LogP contribution in [0.2, 0.25) is 0 Å². The maximum Gasteiger partial charge on any atom is 0.134 e. The first kappa shape index (κ1) is 19.5. The van der Waals surface area contributed by atoms with Gasteiger partial charge in [0.2, 0.25) is 0 Å². The van der Waals surface area contributed by atoms with Gasteiger partial charge in [-0.05, 0) is 30.4 Å². The first-order valence-electron chi connectivity index (χ1n) is 9.62. The lowest BCUT2D eigenvalue weighted by Gasteiger charge is -2.35. The summed E-state index contributed by atoms with van der Waals surface area (Å²) < 4.78 is 5.96. The number of aromatic nitrogens is 3. The summed E-state index contributed by atoms with van der Waals surface area (Å²) in [5, 5.41) is 13.0. The molecular formula is C20H29N5O2. The lowest BCUT2D eigenvalue weighted by atomic mass is 9.94. The molecule has 3 heterocycles. The van der Waals surface area contributed by atoms with E-state index in [9.17, 15) is 5.11 Å². The second kappa shape index (κ2) is 9.62. The molecule has 0 radical (unpaired) electrons. The Morgan fingerprint density at radius 3 is 3.00 bits per heavy atom. The average Bonchev–Trinajstić information content (AvgIpc) is 2.69. The normalized spacial score (nSPS) is 19.9. The van der Waals surface area contributed by atoms with E-state index in [1.165, 1.54) is 0 Å². The number of nitrogens with one attached hydrogen (secondary N) is 1. The molecule has 7 nitrogen and oxygen atoms in total. The monoisotopic (exact) mass is 371 g/mol. The lowest BCUT2D eigenvalue weighted by molar-refractivity contribution is -0.0203. The van der Waals surface area contributed by atoms with Crippen LogP contribution in [0.3, 0.4) is 0 Å². The minimum absolute atomic E-state index is 0.0545. The van der Waals surface area contributed by atoms with E-state index in [0.717, 1.165) is 36.6 Å². The van der Waals surface area contributed by atoms with Crippen LogP contribution in [-0.4, -0.2) is 52.0 Å². The smallest absolute Gasteiger partial charge is 0.134 e. The molecule has 7 heteroatoms. The summed E-state index contributed by atoms with van der Waals surface area (Å²) in [5.74, 6) is 2.01. The SMILES string of the molecule is CC(C)[C@@H]1OCCC[C@H]1Nc1cc(N(CCO)Cc2cccnc2)ncn1. The number of aliphatic hydroxyl groups is 1. The van der Waals surface area contributed by atoms with Gasteiger partial charge in [-0.3, -0.25) is 4.98 Å². The Bertz CT molecular complexity index is 698. The third-order valence-electron chi connectivity index (χ3n) is 4.80. The maximum absolute atomic E-state index is 9.47. The van der Waals surface area contributed by atoms with E-state index < -0.39 is 0 Å². The maximum atomic E-state index is 9.47. The molecule has 27 heavy (non-hydrogen) atoms. The summed E-state index contributed by atoms with van der Waals surface area (Å²) in [7, 11) is 0. The van der Waals surface area contributed by atoms with E-state index in [0.29, 0.717) is 19.0 Å². The van der Waals surface area contributed by atoms with Crippen LogP contribution in [0.4, 0.5) is 11.6 Å². The highest BCUT2D eigenvalue weighted by atomic mass is 16.5. The molecule has 0 saturated carbocycles. The molecule has 0 unspecified atom stereocenters. The first-order chi connectivity index (χ1) is 13.2. The fourth-order valence-electron chi connectivity index (χ4n) is 3.51. The van der Waals surface area contributed by atoms with Crippen molar-refractivity contribution in [3.63, 3.8) is 0 Å². The van der Waals surface area contributed by atoms with Gasteiger partial charge in [-0.15, -0.1) is 0 Å². The van der Waals surface area contributed by atoms with Crippen LogP contribution in [-0.2, 0) is 11.3 Å². The average molecular weight is 371 g/mol. The fraction of sp³-hybridized carbons (Fsp3) is 0.550. The van der Waals surface area contributed by atoms with Gasteiger partial charge in [-0.1, -0.05) is 19.9 Å². The predicted molar refractivity (Wildman–Crippen MR) is 106 cm³/mol. The van der Waals surface area contributed by atoms with Crippen molar-refractivity contribution in [2.24, 2.45) is 5.92 Å². The minimum Gasteiger partial charge on any atom is -0.395 e. The van der Waals surface area contributed by atoms with Crippen LogP contribution in [0.15, 0.2) is 36.9 Å². The topological polar surface area (TPSA) is 83.4 Å². The third kappa shape index (κ3) is 5.37. The number of aliphatic hydroxyl groups excluding tert-OH is 1. The zero-order chi connectivity index (χ0) is 19.1. The molecule has 0 bridgehead atoms. The van der Waals surface area contributed by atoms with Crippen molar-refractivity contribution in [2.45, 2.75) is 45.4 Å². The van der Waals surface area contributed by atoms with Gasteiger partial charge in [0.15, 0.2) is 0 Å². The van der Waals surface area contributed by atoms with Gasteiger partial charge in [0.25, 0.3) is 0 Å². The molecule has 2 atom stereocenters. The fourth-order valence-corrected chi connectivity index (χ4v) is 3.51. The van der Waals surface area contributed by atoms with Crippen LogP contribution in [0.25, 0.3) is 0 Å². The Hall–Kier alpha value is -2.25. The second-order valence-electron chi connectivity index (χ2n) is 7.24. The molecule has 1 saturated heterocycles. The second-order valence-corrected chi connectivity index (χ2v) is 7.24. The predicted octanol–water partition coefficient (Wildman–Crippen LogP) is 2.49. The molecule has 1 aliphatic rings. The van der Waals surface area contributed by atoms with Crippen molar-refractivity contribution in [3.05, 3.63) is 42.5 Å². The summed E-state index contributed by atoms with van der Waals surface area (Å²) in [5.41, 5.74) is 1.07. The van der Waals surface area contributed by atoms with Gasteiger partial charge in [0.1, 0.15) is 18.0 Å². The van der Waals surface area contributed by atoms with Gasteiger partial charge in [0, 0.05) is 38.2 Å². The van der Waals surface area contributed by atoms with E-state index in [4.69, 9.17) is 4.74 Å². The van der Waals surface area contributed by atoms with E-state index in [2.05, 4.69) is 34.1 Å². The van der Waals surface area contributed by atoms with Crippen LogP contribution >= 0.6 is 0 Å². The van der Waals surface area contributed by atoms with Crippen molar-refractivity contribution < 1.29 is 9.84 Å². The molecule has 0 aromatic carbocycles. The Balaban J connectivity index is 1.74. The van der Waals surface area contributed by atoms with Crippen molar-refractivity contribution in [1.29, 1.82) is 0 Å². The minimum atomic E-state index is 0.0545. The lowest BCUT2D eigenvalue weighted by Crippen LogP contribution is -2.43. The van der Waals surface area contributed by atoms with Crippen LogP contribution in [0.5, 0.6) is 0 Å².